The summed E-state index contributed by atoms with van der Waals surface area (Å²) in [5.41, 5.74) is 2.70. The number of fused-ring (bicyclic) bond motifs is 3. The van der Waals surface area contributed by atoms with Crippen LogP contribution < -0.4 is 4.90 Å². The van der Waals surface area contributed by atoms with E-state index in [1.165, 1.54) is 12.1 Å². The van der Waals surface area contributed by atoms with E-state index < -0.39 is 52.8 Å². The Morgan fingerprint density at radius 3 is 1.88 bits per heavy atom. The Morgan fingerprint density at radius 2 is 1.29 bits per heavy atom. The molecule has 1 fully saturated rings. The summed E-state index contributed by atoms with van der Waals surface area (Å²) in [6, 6.07) is 40.7. The van der Waals surface area contributed by atoms with E-state index in [4.69, 9.17) is 0 Å². The van der Waals surface area contributed by atoms with Gasteiger partial charge in [0.2, 0.25) is 5.88 Å². The van der Waals surface area contributed by atoms with Gasteiger partial charge in [0.1, 0.15) is 0 Å². The molecule has 2 heterocycles. The second kappa shape index (κ2) is 12.4. The summed E-state index contributed by atoms with van der Waals surface area (Å²) in [4.78, 5) is 2.09. The molecule has 1 aliphatic carbocycles. The van der Waals surface area contributed by atoms with Crippen molar-refractivity contribution < 1.29 is 28.5 Å². The first-order valence-corrected chi connectivity index (χ1v) is 17.0. The first-order valence-electron chi connectivity index (χ1n) is 17.0. The van der Waals surface area contributed by atoms with Crippen molar-refractivity contribution in [3.05, 3.63) is 167 Å². The lowest BCUT2D eigenvalue weighted by Gasteiger charge is -2.46. The van der Waals surface area contributed by atoms with Gasteiger partial charge >= 0.3 is 6.18 Å². The molecule has 3 N–H and O–H groups in total. The number of aromatic hydroxyl groups is 1. The number of rotatable bonds is 7. The predicted octanol–water partition coefficient (Wildman–Crippen LogP) is 7.94. The molecule has 0 amide bonds. The lowest BCUT2D eigenvalue weighted by Crippen LogP contribution is -2.53. The summed E-state index contributed by atoms with van der Waals surface area (Å²) in [5, 5.41) is 40.5. The summed E-state index contributed by atoms with van der Waals surface area (Å²) >= 11 is 0. The summed E-state index contributed by atoms with van der Waals surface area (Å²) in [6.07, 6.45) is -4.79. The van der Waals surface area contributed by atoms with Crippen LogP contribution in [0.3, 0.4) is 0 Å². The van der Waals surface area contributed by atoms with Crippen LogP contribution >= 0.6 is 0 Å². The van der Waals surface area contributed by atoms with E-state index in [1.54, 1.807) is 18.2 Å². The normalized spacial score (nSPS) is 21.9. The zero-order chi connectivity index (χ0) is 35.5. The number of hydrogen-bond donors (Lipinski definition) is 3. The number of halogens is 3. The molecule has 51 heavy (non-hydrogen) atoms. The van der Waals surface area contributed by atoms with Gasteiger partial charge < -0.3 is 20.2 Å². The molecule has 2 unspecified atom stereocenters. The van der Waals surface area contributed by atoms with Crippen molar-refractivity contribution in [2.75, 3.05) is 11.9 Å². The molecule has 6 aromatic rings. The van der Waals surface area contributed by atoms with Gasteiger partial charge in [-0.1, -0.05) is 115 Å². The largest absolute Gasteiger partial charge is 0.493 e. The van der Waals surface area contributed by atoms with Crippen molar-refractivity contribution >= 4 is 16.5 Å². The molecular weight excluding hydrogens is 651 g/mol. The van der Waals surface area contributed by atoms with E-state index in [0.717, 1.165) is 43.5 Å². The highest BCUT2D eigenvalue weighted by Crippen LogP contribution is 2.56. The first kappa shape index (κ1) is 32.8. The minimum atomic E-state index is -4.94. The molecule has 2 aliphatic rings. The number of alkyl halides is 3. The van der Waals surface area contributed by atoms with Crippen LogP contribution in [0.4, 0.5) is 18.9 Å². The maximum atomic E-state index is 14.4. The molecule has 0 saturated heterocycles. The van der Waals surface area contributed by atoms with Crippen LogP contribution in [0, 0.1) is 5.92 Å². The van der Waals surface area contributed by atoms with Gasteiger partial charge in [-0.05, 0) is 58.5 Å². The number of allylic oxidation sites excluding steroid dienone is 1. The Morgan fingerprint density at radius 1 is 0.745 bits per heavy atom. The van der Waals surface area contributed by atoms with Crippen LogP contribution in [0.2, 0.25) is 0 Å². The molecule has 9 heteroatoms. The molecule has 1 aromatic heterocycles. The minimum Gasteiger partial charge on any atom is -0.493 e. The van der Waals surface area contributed by atoms with Crippen LogP contribution in [0.5, 0.6) is 5.88 Å². The zero-order valence-corrected chi connectivity index (χ0v) is 27.7. The van der Waals surface area contributed by atoms with E-state index in [0.29, 0.717) is 12.8 Å². The zero-order valence-electron chi connectivity index (χ0n) is 27.7. The van der Waals surface area contributed by atoms with Gasteiger partial charge in [0.25, 0.3) is 0 Å². The molecule has 0 bridgehead atoms. The van der Waals surface area contributed by atoms with E-state index >= 15 is 0 Å². The van der Waals surface area contributed by atoms with Gasteiger partial charge in [0, 0.05) is 35.7 Å². The van der Waals surface area contributed by atoms with E-state index in [-0.39, 0.29) is 5.69 Å². The molecule has 8 rings (SSSR count). The van der Waals surface area contributed by atoms with Crippen LogP contribution in [-0.4, -0.2) is 44.4 Å². The number of hydrogen-bond acceptors (Lipinski definition) is 5. The number of anilines is 1. The molecular formula is C42H36F3N3O3. The van der Waals surface area contributed by atoms with Crippen LogP contribution in [0.1, 0.15) is 33.9 Å². The fourth-order valence-corrected chi connectivity index (χ4v) is 8.35. The SMILES string of the molecule is CN1C(=CC2C(O)C(c3c(C(F)(F)F)nn(-c4ccccc4)c3O)C2O)C(Cc2ccccc2)(Cc2ccccc2)c2c1ccc1ccccc21. The molecule has 0 radical (unpaired) electrons. The standard InChI is InChI=1S/C42H36F3N3O3/c1-47-32-22-21-28-17-11-12-20-30(28)36(32)41(24-26-13-5-2-6-14-26,25-27-15-7-3-8-16-27)33(47)23-31-37(49)34(38(31)50)35-39(42(43,44)45)46-48(40(35)51)29-18-9-4-10-19-29/h2-23,31,34,37-38,49-51H,24-25H2,1H3. The van der Waals surface area contributed by atoms with E-state index in [1.807, 2.05) is 61.7 Å². The topological polar surface area (TPSA) is 81.8 Å². The van der Waals surface area contributed by atoms with Crippen molar-refractivity contribution in [3.63, 3.8) is 0 Å². The Balaban J connectivity index is 1.28. The fourth-order valence-electron chi connectivity index (χ4n) is 8.35. The average molecular weight is 688 g/mol. The van der Waals surface area contributed by atoms with E-state index in [2.05, 4.69) is 58.5 Å². The second-order valence-corrected chi connectivity index (χ2v) is 13.6. The highest BCUT2D eigenvalue weighted by molar-refractivity contribution is 5.95. The molecule has 0 spiro atoms. The van der Waals surface area contributed by atoms with Crippen molar-refractivity contribution in [1.82, 2.24) is 9.78 Å². The van der Waals surface area contributed by atoms with Gasteiger partial charge in [-0.2, -0.15) is 18.3 Å². The van der Waals surface area contributed by atoms with Gasteiger partial charge in [-0.3, -0.25) is 0 Å². The van der Waals surface area contributed by atoms with Crippen molar-refractivity contribution in [1.29, 1.82) is 0 Å². The van der Waals surface area contributed by atoms with Crippen molar-refractivity contribution in [2.24, 2.45) is 5.92 Å². The highest BCUT2D eigenvalue weighted by Gasteiger charge is 2.56. The Labute approximate surface area is 293 Å². The fraction of sp³-hybridized carbons (Fsp3) is 0.214. The second-order valence-electron chi connectivity index (χ2n) is 13.6. The highest BCUT2D eigenvalue weighted by atomic mass is 19.4. The number of aliphatic hydroxyl groups is 2. The Kier molecular flexibility index (Phi) is 8.00. The molecule has 258 valence electrons. The van der Waals surface area contributed by atoms with Gasteiger partial charge in [-0.15, -0.1) is 0 Å². The summed E-state index contributed by atoms with van der Waals surface area (Å²) in [6.45, 7) is 0. The predicted molar refractivity (Wildman–Crippen MR) is 191 cm³/mol. The van der Waals surface area contributed by atoms with Crippen LogP contribution in [-0.2, 0) is 24.4 Å². The number of aromatic nitrogens is 2. The van der Waals surface area contributed by atoms with Gasteiger partial charge in [0.05, 0.1) is 23.5 Å². The lowest BCUT2D eigenvalue weighted by molar-refractivity contribution is -0.145. The third-order valence-corrected chi connectivity index (χ3v) is 10.7. The smallest absolute Gasteiger partial charge is 0.435 e. The number of para-hydroxylation sites is 1. The number of nitrogens with zero attached hydrogens (tertiary/aromatic N) is 3. The number of likely N-dealkylation sites (N-methyl/N-ethyl adjacent to an activating group) is 1. The summed E-state index contributed by atoms with van der Waals surface area (Å²) in [5.74, 6) is -3.12. The first-order chi connectivity index (χ1) is 24.6. The van der Waals surface area contributed by atoms with Crippen molar-refractivity contribution in [2.45, 2.75) is 42.6 Å². The van der Waals surface area contributed by atoms with Gasteiger partial charge in [-0.25, -0.2) is 4.68 Å². The Hall–Kier alpha value is -5.38. The maximum absolute atomic E-state index is 14.4. The molecule has 6 nitrogen and oxygen atoms in total. The van der Waals surface area contributed by atoms with Crippen LogP contribution in [0.25, 0.3) is 16.5 Å². The summed E-state index contributed by atoms with van der Waals surface area (Å²) < 4.78 is 44.1. The molecule has 1 aliphatic heterocycles. The van der Waals surface area contributed by atoms with Crippen LogP contribution in [0.15, 0.2) is 139 Å². The quantitative estimate of drug-likeness (QED) is 0.159. The summed E-state index contributed by atoms with van der Waals surface area (Å²) in [7, 11) is 1.96. The molecule has 1 saturated carbocycles. The van der Waals surface area contributed by atoms with Crippen molar-refractivity contribution in [3.8, 4) is 11.6 Å². The number of benzene rings is 5. The van der Waals surface area contributed by atoms with Gasteiger partial charge in [0.15, 0.2) is 5.69 Å². The average Bonchev–Trinajstić information content (AvgIpc) is 3.59. The Bertz CT molecular complexity index is 2180. The molecule has 5 aromatic carbocycles. The van der Waals surface area contributed by atoms with E-state index in [9.17, 15) is 28.5 Å². The lowest BCUT2D eigenvalue weighted by atomic mass is 9.63. The third kappa shape index (κ3) is 5.39. The number of aliphatic hydroxyl groups excluding tert-OH is 2. The maximum Gasteiger partial charge on any atom is 0.435 e. The third-order valence-electron chi connectivity index (χ3n) is 10.7. The monoisotopic (exact) mass is 687 g/mol. The minimum absolute atomic E-state index is 0.220. The molecule has 2 atom stereocenters.